The summed E-state index contributed by atoms with van der Waals surface area (Å²) in [6.07, 6.45) is 62.8. The van der Waals surface area contributed by atoms with Crippen LogP contribution in [0.5, 0.6) is 0 Å². The molecule has 0 saturated heterocycles. The smallest absolute Gasteiger partial charge is 0.463 e. The van der Waals surface area contributed by atoms with E-state index in [2.05, 4.69) is 29.7 Å². The Labute approximate surface area is 484 Å². The van der Waals surface area contributed by atoms with Crippen molar-refractivity contribution in [3.8, 4) is 0 Å². The number of esters is 1. The van der Waals surface area contributed by atoms with Crippen LogP contribution in [-0.4, -0.2) is 89.7 Å². The highest BCUT2D eigenvalue weighted by Crippen LogP contribution is 2.50. The van der Waals surface area contributed by atoms with Gasteiger partial charge in [-0.1, -0.05) is 96.1 Å². The Kier molecular flexibility index (Phi) is 22.9. The molecule has 0 aliphatic heterocycles. The van der Waals surface area contributed by atoms with Crippen molar-refractivity contribution in [3.63, 3.8) is 0 Å². The molecule has 0 unspecified atom stereocenters. The van der Waals surface area contributed by atoms with Gasteiger partial charge in [0.25, 0.3) is 0 Å². The molecule has 0 amide bonds. The molecule has 0 bridgehead atoms. The van der Waals surface area contributed by atoms with Crippen molar-refractivity contribution < 1.29 is 28.5 Å². The fourth-order valence-corrected chi connectivity index (χ4v) is 20.2. The Hall–Kier alpha value is -1.64. The zero-order chi connectivity index (χ0) is 54.6. The summed E-state index contributed by atoms with van der Waals surface area (Å²) in [7, 11) is 1.91. The third-order valence-electron chi connectivity index (χ3n) is 25.0. The quantitative estimate of drug-likeness (QED) is 0.0992. The van der Waals surface area contributed by atoms with E-state index in [0.717, 1.165) is 125 Å². The third-order valence-corrected chi connectivity index (χ3v) is 25.0. The maximum atomic E-state index is 13.4. The molecular formula is C71H120N2O6. The van der Waals surface area contributed by atoms with E-state index in [1.165, 1.54) is 219 Å². The van der Waals surface area contributed by atoms with Crippen LogP contribution >= 0.6 is 0 Å². The van der Waals surface area contributed by atoms with E-state index in [1.807, 2.05) is 7.11 Å². The molecule has 10 aliphatic carbocycles. The average molecular weight is 1100 g/mol. The van der Waals surface area contributed by atoms with Crippen LogP contribution in [-0.2, 0) is 23.7 Å². The number of carbonyl (C=O) groups is 2. The van der Waals surface area contributed by atoms with Gasteiger partial charge >= 0.3 is 12.1 Å². The van der Waals surface area contributed by atoms with Crippen molar-refractivity contribution in [2.75, 3.05) is 7.11 Å². The van der Waals surface area contributed by atoms with E-state index in [4.69, 9.17) is 18.9 Å². The highest BCUT2D eigenvalue weighted by Gasteiger charge is 2.43. The molecule has 0 atom stereocenters. The van der Waals surface area contributed by atoms with Gasteiger partial charge in [-0.05, 0) is 265 Å². The predicted octanol–water partition coefficient (Wildman–Crippen LogP) is 18.6. The van der Waals surface area contributed by atoms with Crippen molar-refractivity contribution in [1.82, 2.24) is 9.80 Å². The van der Waals surface area contributed by atoms with Crippen LogP contribution in [0.15, 0.2) is 11.6 Å². The van der Waals surface area contributed by atoms with Gasteiger partial charge in [-0.3, -0.25) is 14.6 Å². The van der Waals surface area contributed by atoms with Crippen LogP contribution in [0.2, 0.25) is 0 Å². The minimum atomic E-state index is -0.427. The van der Waals surface area contributed by atoms with Crippen LogP contribution in [0.25, 0.3) is 0 Å². The van der Waals surface area contributed by atoms with Gasteiger partial charge in [-0.25, -0.2) is 4.79 Å². The number of rotatable bonds is 18. The number of nitrogens with zero attached hydrogens (tertiary/aromatic N) is 2. The molecule has 8 heteroatoms. The first-order chi connectivity index (χ1) is 38.6. The van der Waals surface area contributed by atoms with Gasteiger partial charge < -0.3 is 18.9 Å². The zero-order valence-electron chi connectivity index (χ0n) is 51.6. The molecule has 0 spiro atoms. The van der Waals surface area contributed by atoms with Crippen molar-refractivity contribution >= 4 is 12.1 Å². The summed E-state index contributed by atoms with van der Waals surface area (Å²) in [6, 6.07) is 5.14. The van der Waals surface area contributed by atoms with Gasteiger partial charge in [0.05, 0.1) is 6.10 Å². The molecule has 0 N–H and O–H groups in total. The number of hydrogen-bond acceptors (Lipinski definition) is 8. The molecule has 0 radical (unpaired) electrons. The molecule has 0 aromatic carbocycles. The zero-order valence-corrected chi connectivity index (χ0v) is 51.6. The fourth-order valence-electron chi connectivity index (χ4n) is 20.2. The van der Waals surface area contributed by atoms with Crippen molar-refractivity contribution in [2.24, 2.45) is 46.8 Å². The number of methoxy groups -OCH3 is 1. The summed E-state index contributed by atoms with van der Waals surface area (Å²) in [5.41, 5.74) is 2.02. The maximum Gasteiger partial charge on any atom is 0.508 e. The standard InChI is InChI=1S/C71H120N2O6/c1-51(74)77-66-46-32-57(33-47-66)71(2,3)58-34-48-68(49-35-58)79-70(75)78-67-44-30-56(31-45-67)69(55-28-42-65(76-4)43-29-55)50-54-26-40-64(41-27-54)73(61-18-12-7-13-19-61)63-38-24-53(25-39-63)21-20-52-22-36-62(37-23-52)72(59-14-8-5-9-15-59)60-16-10-6-11-17-60/h50,52-68H,5-49H2,1-4H3. The molecule has 10 aliphatic rings. The van der Waals surface area contributed by atoms with E-state index in [0.29, 0.717) is 35.7 Å². The Bertz CT molecular complexity index is 1790. The Morgan fingerprint density at radius 3 is 1.09 bits per heavy atom. The topological polar surface area (TPSA) is 77.5 Å². The Balaban J connectivity index is 0.672. The lowest BCUT2D eigenvalue weighted by Crippen LogP contribution is -2.52. The van der Waals surface area contributed by atoms with Gasteiger partial charge in [0.1, 0.15) is 18.3 Å². The minimum absolute atomic E-state index is 0.0271. The molecule has 450 valence electrons. The number of carbonyl (C=O) groups excluding carboxylic acids is 2. The maximum absolute atomic E-state index is 13.4. The summed E-state index contributed by atoms with van der Waals surface area (Å²) in [5, 5.41) is 0. The van der Waals surface area contributed by atoms with Gasteiger partial charge in [0.15, 0.2) is 0 Å². The first-order valence-corrected chi connectivity index (χ1v) is 35.4. The van der Waals surface area contributed by atoms with Crippen LogP contribution in [0.3, 0.4) is 0 Å². The molecule has 0 aromatic heterocycles. The van der Waals surface area contributed by atoms with E-state index in [1.54, 1.807) is 5.57 Å². The molecule has 0 heterocycles. The summed E-state index contributed by atoms with van der Waals surface area (Å²) < 4.78 is 23.7. The van der Waals surface area contributed by atoms with Crippen LogP contribution < -0.4 is 0 Å². The summed E-state index contributed by atoms with van der Waals surface area (Å²) in [4.78, 5) is 31.3. The summed E-state index contributed by atoms with van der Waals surface area (Å²) in [5.74, 6) is 5.10. The second kappa shape index (κ2) is 29.9. The monoisotopic (exact) mass is 1100 g/mol. The molecule has 8 nitrogen and oxygen atoms in total. The first kappa shape index (κ1) is 60.5. The Morgan fingerprint density at radius 2 is 0.722 bits per heavy atom. The molecule has 79 heavy (non-hydrogen) atoms. The number of ether oxygens (including phenoxy) is 4. The van der Waals surface area contributed by atoms with E-state index < -0.39 is 6.16 Å². The number of allylic oxidation sites excluding steroid dienone is 2. The highest BCUT2D eigenvalue weighted by atomic mass is 16.7. The van der Waals surface area contributed by atoms with Gasteiger partial charge in [-0.15, -0.1) is 0 Å². The normalized spacial score (nSPS) is 37.6. The van der Waals surface area contributed by atoms with Crippen molar-refractivity contribution in [3.05, 3.63) is 11.6 Å². The molecule has 10 fully saturated rings. The van der Waals surface area contributed by atoms with Gasteiger partial charge in [0, 0.05) is 50.3 Å². The lowest BCUT2D eigenvalue weighted by molar-refractivity contribution is -0.148. The lowest BCUT2D eigenvalue weighted by Gasteiger charge is -2.49. The van der Waals surface area contributed by atoms with Crippen LogP contribution in [0.1, 0.15) is 310 Å². The third kappa shape index (κ3) is 16.6. The molecule has 0 aromatic rings. The molecule has 10 rings (SSSR count). The van der Waals surface area contributed by atoms with Gasteiger partial charge in [0.2, 0.25) is 0 Å². The number of hydrogen-bond donors (Lipinski definition) is 0. The van der Waals surface area contributed by atoms with E-state index >= 15 is 0 Å². The highest BCUT2D eigenvalue weighted by molar-refractivity contribution is 5.66. The largest absolute Gasteiger partial charge is 0.508 e. The second-order valence-corrected chi connectivity index (χ2v) is 30.0. The minimum Gasteiger partial charge on any atom is -0.463 e. The Morgan fingerprint density at radius 1 is 0.392 bits per heavy atom. The lowest BCUT2D eigenvalue weighted by atomic mass is 9.60. The van der Waals surface area contributed by atoms with Crippen LogP contribution in [0.4, 0.5) is 4.79 Å². The summed E-state index contributed by atoms with van der Waals surface area (Å²) in [6.45, 7) is 6.44. The second-order valence-electron chi connectivity index (χ2n) is 30.0. The van der Waals surface area contributed by atoms with Crippen LogP contribution in [0, 0.1) is 46.8 Å². The first-order valence-electron chi connectivity index (χ1n) is 35.4. The fraction of sp³-hybridized carbons (Fsp3) is 0.944. The SMILES string of the molecule is COC1CCC(C(=CC2CCC(N(C3CCCCC3)C3CCC(CCC4CCC(N(C5CCCCC5)C5CCCCC5)CC4)CC3)CC2)C2CCC(OC(=O)OC3CCC(C(C)(C)C4CCC(OC(C)=O)CC4)CC3)CC2)CC1. The summed E-state index contributed by atoms with van der Waals surface area (Å²) >= 11 is 0. The van der Waals surface area contributed by atoms with E-state index in [-0.39, 0.29) is 29.7 Å². The predicted molar refractivity (Wildman–Crippen MR) is 322 cm³/mol. The molecular weight excluding hydrogens is 977 g/mol. The van der Waals surface area contributed by atoms with Crippen molar-refractivity contribution in [1.29, 1.82) is 0 Å². The van der Waals surface area contributed by atoms with Gasteiger partial charge in [-0.2, -0.15) is 0 Å². The average Bonchev–Trinajstić information content (AvgIpc) is 3.49. The van der Waals surface area contributed by atoms with Crippen molar-refractivity contribution in [2.45, 2.75) is 370 Å². The van der Waals surface area contributed by atoms with E-state index in [9.17, 15) is 9.59 Å². The molecule has 10 saturated carbocycles.